The van der Waals surface area contributed by atoms with Crippen molar-refractivity contribution in [2.24, 2.45) is 0 Å². The molecule has 0 radical (unpaired) electrons. The third kappa shape index (κ3) is 13.6. The summed E-state index contributed by atoms with van der Waals surface area (Å²) in [6.45, 7) is 7.80. The molecule has 82 heavy (non-hydrogen) atoms. The van der Waals surface area contributed by atoms with E-state index < -0.39 is 24.4 Å². The number of nitrogens with zero attached hydrogens (tertiary/aromatic N) is 2. The topological polar surface area (TPSA) is 112 Å². The summed E-state index contributed by atoms with van der Waals surface area (Å²) in [5, 5.41) is 4.47. The van der Waals surface area contributed by atoms with Gasteiger partial charge in [-0.3, -0.25) is 19.2 Å². The number of fused-ring (bicyclic) bond motifs is 4. The van der Waals surface area contributed by atoms with Gasteiger partial charge in [-0.15, -0.1) is 0 Å². The fourth-order valence-corrected chi connectivity index (χ4v) is 11.8. The van der Waals surface area contributed by atoms with Crippen molar-refractivity contribution in [3.8, 4) is 11.1 Å². The van der Waals surface area contributed by atoms with E-state index in [1.807, 2.05) is 18.2 Å². The first-order chi connectivity index (χ1) is 40.1. The molecule has 0 N–H and O–H groups in total. The number of benzene rings is 8. The second-order valence-electron chi connectivity index (χ2n) is 22.0. The van der Waals surface area contributed by atoms with Gasteiger partial charge in [-0.05, 0) is 162 Å². The SMILES string of the molecule is CCCCCC(=O)OC1CCC(OC(C)=O)c2cc(N(c3ccc(-c4ccc(N(c5ccc6c(c5)C(OC(=O)CCCCC)CCC6OC(=O)CCCCC)c5ccc6ccccc6c5)cc4)cc3)c3ccc4ccccc4c3)ccc21. The lowest BCUT2D eigenvalue weighted by molar-refractivity contribution is -0.156. The minimum atomic E-state index is -0.485. The van der Waals surface area contributed by atoms with Crippen LogP contribution < -0.4 is 9.80 Å². The van der Waals surface area contributed by atoms with Gasteiger partial charge in [-0.1, -0.05) is 156 Å². The van der Waals surface area contributed by atoms with Gasteiger partial charge in [0.15, 0.2) is 0 Å². The zero-order valence-corrected chi connectivity index (χ0v) is 47.9. The molecule has 0 bridgehead atoms. The van der Waals surface area contributed by atoms with Crippen LogP contribution in [0.2, 0.25) is 0 Å². The summed E-state index contributed by atoms with van der Waals surface area (Å²) < 4.78 is 24.6. The largest absolute Gasteiger partial charge is 0.458 e. The summed E-state index contributed by atoms with van der Waals surface area (Å²) in [5.41, 5.74) is 11.1. The van der Waals surface area contributed by atoms with E-state index in [0.29, 0.717) is 44.9 Å². The Morgan fingerprint density at radius 2 is 0.671 bits per heavy atom. The van der Waals surface area contributed by atoms with Gasteiger partial charge in [0.05, 0.1) is 0 Å². The van der Waals surface area contributed by atoms with E-state index in [2.05, 4.69) is 182 Å². The van der Waals surface area contributed by atoms with Gasteiger partial charge in [0.2, 0.25) is 0 Å². The van der Waals surface area contributed by atoms with E-state index in [-0.39, 0.29) is 23.9 Å². The fourth-order valence-electron chi connectivity index (χ4n) is 11.8. The second-order valence-corrected chi connectivity index (χ2v) is 22.0. The van der Waals surface area contributed by atoms with Gasteiger partial charge >= 0.3 is 23.9 Å². The van der Waals surface area contributed by atoms with Crippen LogP contribution in [0.3, 0.4) is 0 Å². The van der Waals surface area contributed by atoms with Crippen molar-refractivity contribution in [1.82, 2.24) is 0 Å². The van der Waals surface area contributed by atoms with Gasteiger partial charge in [0.1, 0.15) is 24.4 Å². The number of rotatable bonds is 23. The van der Waals surface area contributed by atoms with Crippen molar-refractivity contribution < 1.29 is 38.1 Å². The monoisotopic (exact) mass is 1100 g/mol. The summed E-state index contributed by atoms with van der Waals surface area (Å²) in [7, 11) is 0. The average Bonchev–Trinajstić information content (AvgIpc) is 3.58. The van der Waals surface area contributed by atoms with Crippen molar-refractivity contribution in [2.75, 3.05) is 9.80 Å². The third-order valence-electron chi connectivity index (χ3n) is 16.1. The summed E-state index contributed by atoms with van der Waals surface area (Å²) in [4.78, 5) is 56.6. The van der Waals surface area contributed by atoms with Crippen molar-refractivity contribution >= 4 is 79.5 Å². The summed E-state index contributed by atoms with van der Waals surface area (Å²) in [6, 6.07) is 59.3. The van der Waals surface area contributed by atoms with Crippen LogP contribution in [0.25, 0.3) is 32.7 Å². The summed E-state index contributed by atoms with van der Waals surface area (Å²) in [5.74, 6) is -0.967. The van der Waals surface area contributed by atoms with E-state index in [0.717, 1.165) is 147 Å². The molecule has 2 aliphatic rings. The number of hydrogen-bond donors (Lipinski definition) is 0. The molecule has 4 unspecified atom stereocenters. The molecule has 0 saturated carbocycles. The normalized spacial score (nSPS) is 16.4. The number of carbonyl (C=O) groups is 4. The molecule has 4 atom stereocenters. The molecule has 10 heteroatoms. The first-order valence-electron chi connectivity index (χ1n) is 29.9. The Bertz CT molecular complexity index is 3520. The van der Waals surface area contributed by atoms with Crippen LogP contribution in [-0.4, -0.2) is 23.9 Å². The van der Waals surface area contributed by atoms with Crippen molar-refractivity contribution in [3.05, 3.63) is 192 Å². The van der Waals surface area contributed by atoms with Gasteiger partial charge in [0, 0.05) is 71.4 Å². The Hall–Kier alpha value is -8.24. The minimum Gasteiger partial charge on any atom is -0.458 e. The number of ether oxygens (including phenoxy) is 4. The molecular weight excluding hydrogens is 1020 g/mol. The Morgan fingerprint density at radius 1 is 0.354 bits per heavy atom. The molecule has 0 aromatic heterocycles. The standard InChI is InChI=1S/C72H76N2O8/c1-5-8-11-22-70(76)80-66-41-43-68(79-49(4)75)64-47-60(37-39-62(64)66)73(58-35-29-50-18-14-16-20-54(50)45-58)56-31-25-52(26-32-56)53-27-33-57(34-28-53)74(59-36-30-51-19-15-17-21-55(51)46-59)61-38-40-63-65(48-61)69(82-72(78)24-13-10-7-3)44-42-67(63)81-71(77)23-12-9-6-2/h14-21,25-40,45-48,66-69H,5-13,22-24,41-44H2,1-4H3. The van der Waals surface area contributed by atoms with E-state index >= 15 is 0 Å². The van der Waals surface area contributed by atoms with Crippen molar-refractivity contribution in [2.45, 2.75) is 155 Å². The zero-order chi connectivity index (χ0) is 57.0. The molecule has 0 aliphatic heterocycles. The Balaban J connectivity index is 0.991. The number of unbranched alkanes of at least 4 members (excludes halogenated alkanes) is 6. The smallest absolute Gasteiger partial charge is 0.306 e. The highest BCUT2D eigenvalue weighted by Gasteiger charge is 2.35. The quantitative estimate of drug-likeness (QED) is 0.0349. The van der Waals surface area contributed by atoms with Gasteiger partial charge in [-0.2, -0.15) is 0 Å². The average molecular weight is 1100 g/mol. The van der Waals surface area contributed by atoms with Gasteiger partial charge in [0.25, 0.3) is 0 Å². The highest BCUT2D eigenvalue weighted by molar-refractivity contribution is 5.91. The molecule has 0 spiro atoms. The number of esters is 4. The van der Waals surface area contributed by atoms with Crippen LogP contribution in [0.4, 0.5) is 34.1 Å². The van der Waals surface area contributed by atoms with Crippen LogP contribution in [0.1, 0.15) is 177 Å². The Kier molecular flexibility index (Phi) is 18.8. The first kappa shape index (κ1) is 57.0. The first-order valence-corrected chi connectivity index (χ1v) is 29.9. The predicted molar refractivity (Wildman–Crippen MR) is 328 cm³/mol. The minimum absolute atomic E-state index is 0.198. The number of hydrogen-bond acceptors (Lipinski definition) is 10. The number of anilines is 6. The maximum atomic E-state index is 13.4. The van der Waals surface area contributed by atoms with E-state index in [1.54, 1.807) is 0 Å². The molecule has 0 heterocycles. The summed E-state index contributed by atoms with van der Waals surface area (Å²) >= 11 is 0. The molecule has 10 nitrogen and oxygen atoms in total. The molecule has 8 aromatic rings. The highest BCUT2D eigenvalue weighted by Crippen LogP contribution is 2.47. The highest BCUT2D eigenvalue weighted by atomic mass is 16.6. The summed E-state index contributed by atoms with van der Waals surface area (Å²) in [6.07, 6.45) is 9.84. The third-order valence-corrected chi connectivity index (χ3v) is 16.1. The van der Waals surface area contributed by atoms with Crippen LogP contribution >= 0.6 is 0 Å². The van der Waals surface area contributed by atoms with Crippen LogP contribution in [0.5, 0.6) is 0 Å². The maximum Gasteiger partial charge on any atom is 0.306 e. The zero-order valence-electron chi connectivity index (χ0n) is 47.9. The fraction of sp³-hybridized carbons (Fsp3) is 0.333. The maximum absolute atomic E-state index is 13.4. The molecule has 0 fully saturated rings. The molecule has 2 aliphatic carbocycles. The van der Waals surface area contributed by atoms with Crippen molar-refractivity contribution in [3.63, 3.8) is 0 Å². The van der Waals surface area contributed by atoms with Gasteiger partial charge < -0.3 is 28.7 Å². The van der Waals surface area contributed by atoms with E-state index in [9.17, 15) is 19.2 Å². The molecule has 0 saturated heterocycles. The number of carbonyl (C=O) groups excluding carboxylic acids is 4. The van der Waals surface area contributed by atoms with Crippen LogP contribution in [-0.2, 0) is 38.1 Å². The second kappa shape index (κ2) is 27.0. The Labute approximate surface area is 483 Å². The lowest BCUT2D eigenvalue weighted by Crippen LogP contribution is -2.23. The van der Waals surface area contributed by atoms with Crippen LogP contribution in [0.15, 0.2) is 170 Å². The lowest BCUT2D eigenvalue weighted by Gasteiger charge is -2.33. The van der Waals surface area contributed by atoms with Crippen LogP contribution in [0, 0.1) is 0 Å². The molecule has 10 rings (SSSR count). The lowest BCUT2D eigenvalue weighted by atomic mass is 9.86. The molecular formula is C72H76N2O8. The predicted octanol–water partition coefficient (Wildman–Crippen LogP) is 19.3. The molecule has 0 amide bonds. The molecule has 422 valence electrons. The van der Waals surface area contributed by atoms with Crippen molar-refractivity contribution in [1.29, 1.82) is 0 Å². The molecule has 8 aromatic carbocycles. The Morgan fingerprint density at radius 3 is 1.04 bits per heavy atom. The van der Waals surface area contributed by atoms with E-state index in [1.165, 1.54) is 6.92 Å². The van der Waals surface area contributed by atoms with E-state index in [4.69, 9.17) is 18.9 Å². The van der Waals surface area contributed by atoms with Gasteiger partial charge in [-0.25, -0.2) is 0 Å².